The summed E-state index contributed by atoms with van der Waals surface area (Å²) in [5, 5.41) is 0. The van der Waals surface area contributed by atoms with Crippen LogP contribution < -0.4 is 0 Å². The van der Waals surface area contributed by atoms with E-state index in [4.69, 9.17) is 0 Å². The predicted octanol–water partition coefficient (Wildman–Crippen LogP) is 9.24. The Morgan fingerprint density at radius 3 is 2.47 bits per heavy atom. The molecule has 0 saturated heterocycles. The molecule has 0 N–H and O–H groups in total. The van der Waals surface area contributed by atoms with Crippen LogP contribution in [0.3, 0.4) is 0 Å². The Morgan fingerprint density at radius 1 is 0.906 bits per heavy atom. The van der Waals surface area contributed by atoms with Crippen molar-refractivity contribution in [2.75, 3.05) is 0 Å². The van der Waals surface area contributed by atoms with Crippen LogP contribution in [0, 0.1) is 35.4 Å². The van der Waals surface area contributed by atoms with Crippen molar-refractivity contribution in [3.8, 4) is 0 Å². The van der Waals surface area contributed by atoms with Gasteiger partial charge in [-0.05, 0) is 110 Å². The van der Waals surface area contributed by atoms with Crippen LogP contribution in [0.5, 0.6) is 0 Å². The van der Waals surface area contributed by atoms with Gasteiger partial charge in [0, 0.05) is 0 Å². The first kappa shape index (κ1) is 24.0. The molecule has 0 amide bonds. The Morgan fingerprint density at radius 2 is 1.66 bits per heavy atom. The highest BCUT2D eigenvalue weighted by atomic mass is 19.1. The largest absolute Gasteiger partial charge is 0.206 e. The summed E-state index contributed by atoms with van der Waals surface area (Å²) in [5.74, 6) is 4.80. The van der Waals surface area contributed by atoms with Crippen molar-refractivity contribution in [1.82, 2.24) is 0 Å². The molecule has 5 atom stereocenters. The van der Waals surface area contributed by atoms with E-state index < -0.39 is 0 Å². The van der Waals surface area contributed by atoms with Crippen molar-refractivity contribution >= 4 is 0 Å². The maximum atomic E-state index is 15.0. The third-order valence-corrected chi connectivity index (χ3v) is 9.43. The standard InChI is InChI=1S/C31H47F/c1-3-5-7-8-9-10-23-12-13-26-21-27(16-15-25(26)20-23)28-18-19-30-29(22-28)17-14-24(31(30)32)11-6-4-2/h4,14,17,23,25-28H,2-3,5-13,15-16,18-22H2,1H3. The van der Waals surface area contributed by atoms with E-state index in [2.05, 4.69) is 25.6 Å². The summed E-state index contributed by atoms with van der Waals surface area (Å²) in [6.07, 6.45) is 24.4. The second kappa shape index (κ2) is 11.8. The maximum Gasteiger partial charge on any atom is 0.129 e. The summed E-state index contributed by atoms with van der Waals surface area (Å²) in [7, 11) is 0. The van der Waals surface area contributed by atoms with Crippen LogP contribution in [0.1, 0.15) is 114 Å². The van der Waals surface area contributed by atoms with Gasteiger partial charge in [0.25, 0.3) is 0 Å². The molecule has 3 aliphatic carbocycles. The zero-order valence-electron chi connectivity index (χ0n) is 20.7. The lowest BCUT2D eigenvalue weighted by atomic mass is 9.60. The number of benzene rings is 1. The van der Waals surface area contributed by atoms with Crippen molar-refractivity contribution in [2.45, 2.75) is 116 Å². The van der Waals surface area contributed by atoms with E-state index >= 15 is 4.39 Å². The molecule has 0 spiro atoms. The lowest BCUT2D eigenvalue weighted by Crippen LogP contribution is -2.35. The number of unbranched alkanes of at least 4 members (excludes halogenated alkanes) is 4. The molecule has 178 valence electrons. The Labute approximate surface area is 197 Å². The van der Waals surface area contributed by atoms with E-state index in [9.17, 15) is 0 Å². The minimum atomic E-state index is 0.0968. The van der Waals surface area contributed by atoms with E-state index in [1.807, 2.05) is 6.08 Å². The topological polar surface area (TPSA) is 0 Å². The van der Waals surface area contributed by atoms with Gasteiger partial charge in [-0.1, -0.05) is 70.1 Å². The van der Waals surface area contributed by atoms with Gasteiger partial charge in [0.15, 0.2) is 0 Å². The lowest BCUT2D eigenvalue weighted by Gasteiger charge is -2.45. The number of allylic oxidation sites excluding steroid dienone is 1. The van der Waals surface area contributed by atoms with Crippen LogP contribution in [0.4, 0.5) is 4.39 Å². The van der Waals surface area contributed by atoms with Gasteiger partial charge in [-0.2, -0.15) is 0 Å². The summed E-state index contributed by atoms with van der Waals surface area (Å²) in [6, 6.07) is 4.31. The normalized spacial score (nSPS) is 29.9. The Kier molecular flexibility index (Phi) is 8.90. The van der Waals surface area contributed by atoms with Gasteiger partial charge in [-0.3, -0.25) is 0 Å². The summed E-state index contributed by atoms with van der Waals surface area (Å²) < 4.78 is 15.0. The van der Waals surface area contributed by atoms with Gasteiger partial charge >= 0.3 is 0 Å². The predicted molar refractivity (Wildman–Crippen MR) is 135 cm³/mol. The van der Waals surface area contributed by atoms with Gasteiger partial charge in [-0.25, -0.2) is 4.39 Å². The molecule has 32 heavy (non-hydrogen) atoms. The monoisotopic (exact) mass is 438 g/mol. The van der Waals surface area contributed by atoms with Crippen molar-refractivity contribution in [2.24, 2.45) is 29.6 Å². The van der Waals surface area contributed by atoms with E-state index in [-0.39, 0.29) is 5.82 Å². The molecule has 0 nitrogen and oxygen atoms in total. The third-order valence-electron chi connectivity index (χ3n) is 9.43. The number of fused-ring (bicyclic) bond motifs is 2. The quantitative estimate of drug-likeness (QED) is 0.252. The molecule has 4 rings (SSSR count). The number of hydrogen-bond donors (Lipinski definition) is 0. The zero-order valence-corrected chi connectivity index (χ0v) is 20.7. The van der Waals surface area contributed by atoms with E-state index in [1.54, 1.807) is 0 Å². The molecule has 0 bridgehead atoms. The number of aryl methyl sites for hydroxylation is 1. The van der Waals surface area contributed by atoms with Gasteiger partial charge < -0.3 is 0 Å². The Bertz CT molecular complexity index is 734. The van der Waals surface area contributed by atoms with E-state index in [0.717, 1.165) is 66.4 Å². The molecule has 0 aliphatic heterocycles. The molecule has 0 aromatic heterocycles. The molecule has 0 radical (unpaired) electrons. The van der Waals surface area contributed by atoms with Crippen LogP contribution in [0.15, 0.2) is 24.8 Å². The Balaban J connectivity index is 1.26. The minimum Gasteiger partial charge on any atom is -0.206 e. The first-order valence-electron chi connectivity index (χ1n) is 14.1. The van der Waals surface area contributed by atoms with Crippen molar-refractivity contribution in [3.05, 3.63) is 47.3 Å². The smallest absolute Gasteiger partial charge is 0.129 e. The highest BCUT2D eigenvalue weighted by Crippen LogP contribution is 2.49. The fourth-order valence-corrected chi connectivity index (χ4v) is 7.49. The number of hydrogen-bond acceptors (Lipinski definition) is 0. The second-order valence-electron chi connectivity index (χ2n) is 11.5. The molecule has 2 fully saturated rings. The van der Waals surface area contributed by atoms with Crippen molar-refractivity contribution in [1.29, 1.82) is 0 Å². The van der Waals surface area contributed by atoms with Crippen LogP contribution >= 0.6 is 0 Å². The van der Waals surface area contributed by atoms with Crippen LogP contribution in [-0.2, 0) is 19.3 Å². The summed E-state index contributed by atoms with van der Waals surface area (Å²) in [6.45, 7) is 6.10. The highest BCUT2D eigenvalue weighted by Gasteiger charge is 2.38. The molecule has 0 heterocycles. The van der Waals surface area contributed by atoms with E-state index in [0.29, 0.717) is 0 Å². The number of rotatable bonds is 10. The molecule has 1 heteroatoms. The molecule has 1 aromatic rings. The fraction of sp³-hybridized carbons (Fsp3) is 0.742. The molecular formula is C31H47F. The SMILES string of the molecule is C=CCCc1ccc2c(c1F)CCC(C1CCC3CC(CCCCCCC)CCC3C1)C2. The first-order valence-corrected chi connectivity index (χ1v) is 14.1. The Hall–Kier alpha value is -1.11. The molecular weight excluding hydrogens is 391 g/mol. The second-order valence-corrected chi connectivity index (χ2v) is 11.5. The summed E-state index contributed by atoms with van der Waals surface area (Å²) >= 11 is 0. The highest BCUT2D eigenvalue weighted by molar-refractivity contribution is 5.36. The lowest BCUT2D eigenvalue weighted by molar-refractivity contribution is 0.0688. The number of halogens is 1. The summed E-state index contributed by atoms with van der Waals surface area (Å²) in [4.78, 5) is 0. The van der Waals surface area contributed by atoms with Crippen LogP contribution in [0.2, 0.25) is 0 Å². The first-order chi connectivity index (χ1) is 15.7. The molecule has 3 aliphatic rings. The molecule has 5 unspecified atom stereocenters. The average Bonchev–Trinajstić information content (AvgIpc) is 2.83. The maximum absolute atomic E-state index is 15.0. The van der Waals surface area contributed by atoms with Gasteiger partial charge in [0.1, 0.15) is 5.82 Å². The van der Waals surface area contributed by atoms with E-state index in [1.165, 1.54) is 89.0 Å². The third kappa shape index (κ3) is 5.87. The minimum absolute atomic E-state index is 0.0968. The fourth-order valence-electron chi connectivity index (χ4n) is 7.49. The van der Waals surface area contributed by atoms with Gasteiger partial charge in [0.2, 0.25) is 0 Å². The van der Waals surface area contributed by atoms with Gasteiger partial charge in [-0.15, -0.1) is 6.58 Å². The average molecular weight is 439 g/mol. The molecule has 1 aromatic carbocycles. The summed E-state index contributed by atoms with van der Waals surface area (Å²) in [5.41, 5.74) is 3.25. The van der Waals surface area contributed by atoms with Crippen molar-refractivity contribution < 1.29 is 4.39 Å². The van der Waals surface area contributed by atoms with Crippen LogP contribution in [-0.4, -0.2) is 0 Å². The zero-order chi connectivity index (χ0) is 22.3. The van der Waals surface area contributed by atoms with Crippen molar-refractivity contribution in [3.63, 3.8) is 0 Å². The van der Waals surface area contributed by atoms with Gasteiger partial charge in [0.05, 0.1) is 0 Å². The van der Waals surface area contributed by atoms with Crippen LogP contribution in [0.25, 0.3) is 0 Å². The molecule has 2 saturated carbocycles.